The number of nitrogens with one attached hydrogen (secondary N) is 1. The molecule has 0 aliphatic heterocycles. The van der Waals surface area contributed by atoms with Crippen LogP contribution in [0.5, 0.6) is 0 Å². The Balaban J connectivity index is 1.75. The highest BCUT2D eigenvalue weighted by Gasteiger charge is 2.10. The second-order valence-electron chi connectivity index (χ2n) is 4.11. The monoisotopic (exact) mass is 261 g/mol. The summed E-state index contributed by atoms with van der Waals surface area (Å²) in [6.45, 7) is 0.871. The SMILES string of the molecule is OC(CNC/C=C/c1ccco1)c1ccccc1F. The van der Waals surface area contributed by atoms with Crippen molar-refractivity contribution >= 4 is 6.08 Å². The van der Waals surface area contributed by atoms with Crippen LogP contribution < -0.4 is 5.32 Å². The summed E-state index contributed by atoms with van der Waals surface area (Å²) in [5.74, 6) is 0.388. The van der Waals surface area contributed by atoms with E-state index in [9.17, 15) is 9.50 Å². The van der Waals surface area contributed by atoms with Gasteiger partial charge in [-0.25, -0.2) is 4.39 Å². The number of aliphatic hydroxyl groups excluding tert-OH is 1. The van der Waals surface area contributed by atoms with Crippen LogP contribution in [0.4, 0.5) is 4.39 Å². The van der Waals surface area contributed by atoms with Crippen LogP contribution in [0.3, 0.4) is 0 Å². The normalized spacial score (nSPS) is 12.9. The van der Waals surface area contributed by atoms with Crippen LogP contribution >= 0.6 is 0 Å². The Morgan fingerprint density at radius 1 is 1.26 bits per heavy atom. The Morgan fingerprint density at radius 3 is 2.84 bits per heavy atom. The number of aliphatic hydroxyl groups is 1. The van der Waals surface area contributed by atoms with Crippen molar-refractivity contribution in [2.24, 2.45) is 0 Å². The van der Waals surface area contributed by atoms with Crippen LogP contribution in [0.1, 0.15) is 17.4 Å². The van der Waals surface area contributed by atoms with Crippen LogP contribution in [-0.4, -0.2) is 18.2 Å². The van der Waals surface area contributed by atoms with E-state index in [1.807, 2.05) is 24.3 Å². The quantitative estimate of drug-likeness (QED) is 0.786. The van der Waals surface area contributed by atoms with Crippen LogP contribution in [-0.2, 0) is 0 Å². The minimum absolute atomic E-state index is 0.295. The molecule has 0 saturated heterocycles. The lowest BCUT2D eigenvalue weighted by atomic mass is 10.1. The van der Waals surface area contributed by atoms with E-state index in [-0.39, 0.29) is 5.82 Å². The van der Waals surface area contributed by atoms with Gasteiger partial charge < -0.3 is 14.8 Å². The van der Waals surface area contributed by atoms with Crippen molar-refractivity contribution in [1.82, 2.24) is 5.32 Å². The smallest absolute Gasteiger partial charge is 0.129 e. The molecule has 2 rings (SSSR count). The first kappa shape index (κ1) is 13.5. The molecule has 2 N–H and O–H groups in total. The minimum Gasteiger partial charge on any atom is -0.465 e. The van der Waals surface area contributed by atoms with E-state index in [1.165, 1.54) is 6.07 Å². The summed E-state index contributed by atoms with van der Waals surface area (Å²) < 4.78 is 18.5. The van der Waals surface area contributed by atoms with Crippen molar-refractivity contribution in [3.8, 4) is 0 Å². The lowest BCUT2D eigenvalue weighted by Gasteiger charge is -2.11. The fraction of sp³-hybridized carbons (Fsp3) is 0.200. The first-order chi connectivity index (χ1) is 9.27. The van der Waals surface area contributed by atoms with E-state index in [1.54, 1.807) is 24.5 Å². The molecule has 0 amide bonds. The topological polar surface area (TPSA) is 45.4 Å². The third-order valence-electron chi connectivity index (χ3n) is 2.69. The van der Waals surface area contributed by atoms with Gasteiger partial charge in [0.15, 0.2) is 0 Å². The van der Waals surface area contributed by atoms with E-state index < -0.39 is 6.10 Å². The molecule has 1 aromatic carbocycles. The van der Waals surface area contributed by atoms with E-state index in [2.05, 4.69) is 5.32 Å². The molecule has 4 heteroatoms. The Labute approximate surface area is 111 Å². The van der Waals surface area contributed by atoms with Crippen LogP contribution in [0, 0.1) is 5.82 Å². The highest BCUT2D eigenvalue weighted by Crippen LogP contribution is 2.15. The second kappa shape index (κ2) is 6.87. The molecule has 0 spiro atoms. The summed E-state index contributed by atoms with van der Waals surface area (Å²) >= 11 is 0. The Hall–Kier alpha value is -1.91. The van der Waals surface area contributed by atoms with Crippen molar-refractivity contribution in [3.63, 3.8) is 0 Å². The fourth-order valence-corrected chi connectivity index (χ4v) is 1.72. The Bertz CT molecular complexity index is 523. The van der Waals surface area contributed by atoms with E-state index in [0.717, 1.165) is 5.76 Å². The molecule has 100 valence electrons. The van der Waals surface area contributed by atoms with E-state index in [0.29, 0.717) is 18.7 Å². The van der Waals surface area contributed by atoms with Gasteiger partial charge in [0.1, 0.15) is 11.6 Å². The molecule has 19 heavy (non-hydrogen) atoms. The first-order valence-electron chi connectivity index (χ1n) is 6.10. The zero-order valence-electron chi connectivity index (χ0n) is 10.4. The van der Waals surface area contributed by atoms with Gasteiger partial charge in [0.05, 0.1) is 12.4 Å². The summed E-state index contributed by atoms with van der Waals surface area (Å²) in [5.41, 5.74) is 0.310. The maximum atomic E-state index is 13.4. The van der Waals surface area contributed by atoms with Gasteiger partial charge in [-0.15, -0.1) is 0 Å². The molecule has 0 saturated carbocycles. The fourth-order valence-electron chi connectivity index (χ4n) is 1.72. The lowest BCUT2D eigenvalue weighted by molar-refractivity contribution is 0.171. The maximum absolute atomic E-state index is 13.4. The molecule has 0 aliphatic rings. The summed E-state index contributed by atoms with van der Waals surface area (Å²) in [6.07, 6.45) is 4.47. The van der Waals surface area contributed by atoms with Crippen molar-refractivity contribution in [1.29, 1.82) is 0 Å². The van der Waals surface area contributed by atoms with Crippen molar-refractivity contribution in [3.05, 3.63) is 65.9 Å². The molecule has 1 heterocycles. The third-order valence-corrected chi connectivity index (χ3v) is 2.69. The third kappa shape index (κ3) is 4.05. The second-order valence-corrected chi connectivity index (χ2v) is 4.11. The predicted octanol–water partition coefficient (Wildman–Crippen LogP) is 2.76. The molecule has 0 bridgehead atoms. The average molecular weight is 261 g/mol. The average Bonchev–Trinajstić information content (AvgIpc) is 2.92. The molecule has 2 aromatic rings. The summed E-state index contributed by atoms with van der Waals surface area (Å²) in [5, 5.41) is 12.9. The first-order valence-corrected chi connectivity index (χ1v) is 6.10. The van der Waals surface area contributed by atoms with E-state index >= 15 is 0 Å². The van der Waals surface area contributed by atoms with Crippen LogP contribution in [0.25, 0.3) is 6.08 Å². The molecule has 1 aromatic heterocycles. The molecule has 3 nitrogen and oxygen atoms in total. The lowest BCUT2D eigenvalue weighted by Crippen LogP contribution is -2.22. The van der Waals surface area contributed by atoms with Crippen molar-refractivity contribution < 1.29 is 13.9 Å². The van der Waals surface area contributed by atoms with Gasteiger partial charge in [-0.2, -0.15) is 0 Å². The standard InChI is InChI=1S/C15H16FNO2/c16-14-8-2-1-7-13(14)15(18)11-17-9-3-5-12-6-4-10-19-12/h1-8,10,15,17-18H,9,11H2/b5-3+. The van der Waals surface area contributed by atoms with Gasteiger partial charge in [0.25, 0.3) is 0 Å². The van der Waals surface area contributed by atoms with E-state index in [4.69, 9.17) is 4.42 Å². The summed E-state index contributed by atoms with van der Waals surface area (Å²) in [6, 6.07) is 9.90. The number of furan rings is 1. The molecular weight excluding hydrogens is 245 g/mol. The Kier molecular flexibility index (Phi) is 4.89. The van der Waals surface area contributed by atoms with Gasteiger partial charge >= 0.3 is 0 Å². The number of benzene rings is 1. The van der Waals surface area contributed by atoms with Gasteiger partial charge in [-0.3, -0.25) is 0 Å². The van der Waals surface area contributed by atoms with Crippen LogP contribution in [0.2, 0.25) is 0 Å². The van der Waals surface area contributed by atoms with Crippen molar-refractivity contribution in [2.45, 2.75) is 6.10 Å². The summed E-state index contributed by atoms with van der Waals surface area (Å²) in [4.78, 5) is 0. The van der Waals surface area contributed by atoms with Gasteiger partial charge in [0.2, 0.25) is 0 Å². The minimum atomic E-state index is -0.849. The van der Waals surface area contributed by atoms with Crippen molar-refractivity contribution in [2.75, 3.05) is 13.1 Å². The molecule has 0 radical (unpaired) electrons. The number of rotatable bonds is 6. The molecule has 0 aliphatic carbocycles. The number of hydrogen-bond donors (Lipinski definition) is 2. The Morgan fingerprint density at radius 2 is 2.11 bits per heavy atom. The molecule has 1 atom stereocenters. The maximum Gasteiger partial charge on any atom is 0.129 e. The van der Waals surface area contributed by atoms with Gasteiger partial charge in [-0.05, 0) is 24.3 Å². The number of hydrogen-bond acceptors (Lipinski definition) is 3. The largest absolute Gasteiger partial charge is 0.465 e. The van der Waals surface area contributed by atoms with Crippen LogP contribution in [0.15, 0.2) is 53.2 Å². The summed E-state index contributed by atoms with van der Waals surface area (Å²) in [7, 11) is 0. The highest BCUT2D eigenvalue weighted by atomic mass is 19.1. The molecular formula is C15H16FNO2. The van der Waals surface area contributed by atoms with Gasteiger partial charge in [0, 0.05) is 18.7 Å². The van der Waals surface area contributed by atoms with Gasteiger partial charge in [-0.1, -0.05) is 24.3 Å². The molecule has 1 unspecified atom stereocenters. The zero-order chi connectivity index (χ0) is 13.5. The predicted molar refractivity (Wildman–Crippen MR) is 72.0 cm³/mol. The zero-order valence-corrected chi connectivity index (χ0v) is 10.4. The number of halogens is 1. The highest BCUT2D eigenvalue weighted by molar-refractivity contribution is 5.42. The molecule has 0 fully saturated rings.